The van der Waals surface area contributed by atoms with Crippen molar-refractivity contribution < 1.29 is 9.53 Å². The van der Waals surface area contributed by atoms with E-state index in [1.165, 1.54) is 0 Å². The average molecular weight is 367 g/mol. The summed E-state index contributed by atoms with van der Waals surface area (Å²) in [5, 5.41) is 0. The standard InChI is InChI=1S/C10H8BrIO2/c1-2-3-14-10-8(11)4-7(6-13)5-9(10)12/h2,4-6H,1,3H2. The molecule has 14 heavy (non-hydrogen) atoms. The van der Waals surface area contributed by atoms with Crippen LogP contribution < -0.4 is 4.74 Å². The Morgan fingerprint density at radius 2 is 2.29 bits per heavy atom. The van der Waals surface area contributed by atoms with Crippen LogP contribution in [0.3, 0.4) is 0 Å². The SMILES string of the molecule is C=CCOc1c(Br)cc(C=O)cc1I. The first-order chi connectivity index (χ1) is 6.69. The van der Waals surface area contributed by atoms with Crippen LogP contribution in [0.4, 0.5) is 0 Å². The third-order valence-electron chi connectivity index (χ3n) is 1.50. The topological polar surface area (TPSA) is 26.3 Å². The van der Waals surface area contributed by atoms with E-state index in [1.807, 2.05) is 0 Å². The van der Waals surface area contributed by atoms with Crippen LogP contribution in [-0.4, -0.2) is 12.9 Å². The second kappa shape index (κ2) is 5.50. The van der Waals surface area contributed by atoms with Gasteiger partial charge in [0.2, 0.25) is 0 Å². The van der Waals surface area contributed by atoms with Gasteiger partial charge in [0.25, 0.3) is 0 Å². The fourth-order valence-corrected chi connectivity index (χ4v) is 2.70. The van der Waals surface area contributed by atoms with Crippen LogP contribution in [0.2, 0.25) is 0 Å². The Kier molecular flexibility index (Phi) is 4.60. The minimum absolute atomic E-state index is 0.453. The lowest BCUT2D eigenvalue weighted by molar-refractivity contribution is 0.112. The first kappa shape index (κ1) is 11.7. The number of ether oxygens (including phenoxy) is 1. The molecule has 0 heterocycles. The van der Waals surface area contributed by atoms with E-state index >= 15 is 0 Å². The molecule has 2 nitrogen and oxygen atoms in total. The zero-order chi connectivity index (χ0) is 10.6. The van der Waals surface area contributed by atoms with Gasteiger partial charge in [0.05, 0.1) is 8.04 Å². The van der Waals surface area contributed by atoms with Crippen LogP contribution in [0.25, 0.3) is 0 Å². The van der Waals surface area contributed by atoms with E-state index in [2.05, 4.69) is 45.1 Å². The summed E-state index contributed by atoms with van der Waals surface area (Å²) in [5.74, 6) is 0.746. The van der Waals surface area contributed by atoms with Crippen LogP contribution in [-0.2, 0) is 0 Å². The summed E-state index contributed by atoms with van der Waals surface area (Å²) < 4.78 is 7.12. The van der Waals surface area contributed by atoms with Crippen LogP contribution in [0.5, 0.6) is 5.75 Å². The number of rotatable bonds is 4. The van der Waals surface area contributed by atoms with Crippen LogP contribution in [0, 0.1) is 3.57 Å². The van der Waals surface area contributed by atoms with Gasteiger partial charge in [-0.1, -0.05) is 12.7 Å². The van der Waals surface area contributed by atoms with E-state index in [4.69, 9.17) is 4.74 Å². The molecule has 0 saturated heterocycles. The zero-order valence-electron chi connectivity index (χ0n) is 7.30. The highest BCUT2D eigenvalue weighted by Crippen LogP contribution is 2.31. The molecule has 0 N–H and O–H groups in total. The predicted octanol–water partition coefficient (Wildman–Crippen LogP) is 3.43. The molecule has 0 atom stereocenters. The Balaban J connectivity index is 3.04. The Labute approximate surface area is 105 Å². The maximum absolute atomic E-state index is 10.6. The lowest BCUT2D eigenvalue weighted by Crippen LogP contribution is -1.97. The quantitative estimate of drug-likeness (QED) is 0.463. The first-order valence-electron chi connectivity index (χ1n) is 3.87. The molecule has 0 radical (unpaired) electrons. The van der Waals surface area contributed by atoms with Crippen molar-refractivity contribution in [2.75, 3.05) is 6.61 Å². The van der Waals surface area contributed by atoms with Crippen molar-refractivity contribution in [3.8, 4) is 5.75 Å². The summed E-state index contributed by atoms with van der Waals surface area (Å²) in [6.07, 6.45) is 2.49. The Morgan fingerprint density at radius 3 is 2.79 bits per heavy atom. The van der Waals surface area contributed by atoms with Crippen molar-refractivity contribution in [2.24, 2.45) is 0 Å². The fraction of sp³-hybridized carbons (Fsp3) is 0.100. The number of hydrogen-bond acceptors (Lipinski definition) is 2. The average Bonchev–Trinajstić information content (AvgIpc) is 2.16. The van der Waals surface area contributed by atoms with Gasteiger partial charge >= 0.3 is 0 Å². The van der Waals surface area contributed by atoms with E-state index in [0.717, 1.165) is 20.1 Å². The van der Waals surface area contributed by atoms with Crippen molar-refractivity contribution in [1.29, 1.82) is 0 Å². The second-order valence-electron chi connectivity index (χ2n) is 2.53. The Hall–Kier alpha value is -0.360. The van der Waals surface area contributed by atoms with Crippen molar-refractivity contribution in [3.63, 3.8) is 0 Å². The molecular formula is C10H8BrIO2. The summed E-state index contributed by atoms with van der Waals surface area (Å²) in [4.78, 5) is 10.6. The van der Waals surface area contributed by atoms with Crippen molar-refractivity contribution >= 4 is 44.8 Å². The summed E-state index contributed by atoms with van der Waals surface area (Å²) in [7, 11) is 0. The van der Waals surface area contributed by atoms with Gasteiger partial charge < -0.3 is 4.74 Å². The molecule has 0 amide bonds. The van der Waals surface area contributed by atoms with Crippen LogP contribution in [0.15, 0.2) is 29.3 Å². The molecule has 4 heteroatoms. The third-order valence-corrected chi connectivity index (χ3v) is 2.89. The van der Waals surface area contributed by atoms with E-state index in [-0.39, 0.29) is 0 Å². The molecule has 1 aromatic rings. The first-order valence-corrected chi connectivity index (χ1v) is 5.74. The largest absolute Gasteiger partial charge is 0.487 e. The Morgan fingerprint density at radius 1 is 1.57 bits per heavy atom. The van der Waals surface area contributed by atoms with Gasteiger partial charge in [0, 0.05) is 5.56 Å². The lowest BCUT2D eigenvalue weighted by Gasteiger charge is -2.08. The molecule has 74 valence electrons. The van der Waals surface area contributed by atoms with Gasteiger partial charge in [-0.15, -0.1) is 0 Å². The lowest BCUT2D eigenvalue weighted by atomic mass is 10.2. The number of carbonyl (C=O) groups excluding carboxylic acids is 1. The molecule has 1 aromatic carbocycles. The molecule has 0 bridgehead atoms. The smallest absolute Gasteiger partial charge is 0.150 e. The molecule has 1 rings (SSSR count). The highest BCUT2D eigenvalue weighted by Gasteiger charge is 2.07. The van der Waals surface area contributed by atoms with Gasteiger partial charge in [-0.2, -0.15) is 0 Å². The molecule has 0 aliphatic carbocycles. The summed E-state index contributed by atoms with van der Waals surface area (Å²) in [5.41, 5.74) is 0.632. The number of benzene rings is 1. The van der Waals surface area contributed by atoms with E-state index in [0.29, 0.717) is 12.2 Å². The second-order valence-corrected chi connectivity index (χ2v) is 4.55. The number of hydrogen-bond donors (Lipinski definition) is 0. The molecule has 0 saturated carbocycles. The summed E-state index contributed by atoms with van der Waals surface area (Å²) in [6, 6.07) is 3.50. The van der Waals surface area contributed by atoms with Gasteiger partial charge in [-0.05, 0) is 50.7 Å². The number of carbonyl (C=O) groups is 1. The maximum atomic E-state index is 10.6. The summed E-state index contributed by atoms with van der Waals surface area (Å²) >= 11 is 5.47. The number of halogens is 2. The molecule has 0 unspecified atom stereocenters. The van der Waals surface area contributed by atoms with Crippen molar-refractivity contribution in [1.82, 2.24) is 0 Å². The van der Waals surface area contributed by atoms with E-state index in [1.54, 1.807) is 18.2 Å². The van der Waals surface area contributed by atoms with Gasteiger partial charge in [0.15, 0.2) is 0 Å². The monoisotopic (exact) mass is 366 g/mol. The zero-order valence-corrected chi connectivity index (χ0v) is 11.0. The molecular weight excluding hydrogens is 359 g/mol. The highest BCUT2D eigenvalue weighted by molar-refractivity contribution is 14.1. The van der Waals surface area contributed by atoms with Crippen molar-refractivity contribution in [2.45, 2.75) is 0 Å². The Bertz CT molecular complexity index is 340. The minimum atomic E-state index is 0.453. The molecule has 0 fully saturated rings. The van der Waals surface area contributed by atoms with Gasteiger partial charge in [-0.3, -0.25) is 4.79 Å². The van der Waals surface area contributed by atoms with Crippen LogP contribution in [0.1, 0.15) is 10.4 Å². The molecule has 0 spiro atoms. The minimum Gasteiger partial charge on any atom is -0.487 e. The third kappa shape index (κ3) is 2.81. The fourth-order valence-electron chi connectivity index (χ4n) is 0.928. The van der Waals surface area contributed by atoms with E-state index in [9.17, 15) is 4.79 Å². The van der Waals surface area contributed by atoms with Gasteiger partial charge in [0.1, 0.15) is 18.6 Å². The molecule has 0 aliphatic heterocycles. The molecule has 0 aromatic heterocycles. The molecule has 0 aliphatic rings. The van der Waals surface area contributed by atoms with Crippen LogP contribution >= 0.6 is 38.5 Å². The van der Waals surface area contributed by atoms with Crippen molar-refractivity contribution in [3.05, 3.63) is 38.4 Å². The normalized spacial score (nSPS) is 9.57. The van der Waals surface area contributed by atoms with Gasteiger partial charge in [-0.25, -0.2) is 0 Å². The highest BCUT2D eigenvalue weighted by atomic mass is 127. The summed E-state index contributed by atoms with van der Waals surface area (Å²) in [6.45, 7) is 4.02. The predicted molar refractivity (Wildman–Crippen MR) is 67.9 cm³/mol. The van der Waals surface area contributed by atoms with E-state index < -0.39 is 0 Å². The number of aldehydes is 1. The maximum Gasteiger partial charge on any atom is 0.150 e.